The molecule has 0 bridgehead atoms. The molecule has 0 saturated heterocycles. The molecular formula is C17H29ClN2O. The summed E-state index contributed by atoms with van der Waals surface area (Å²) in [7, 11) is 0. The van der Waals surface area contributed by atoms with Crippen molar-refractivity contribution < 1.29 is 5.11 Å². The van der Waals surface area contributed by atoms with E-state index < -0.39 is 0 Å². The third-order valence-corrected chi connectivity index (χ3v) is 5.45. The largest absolute Gasteiger partial charge is 0.392 e. The smallest absolute Gasteiger partial charge is 0.0848 e. The Bertz CT molecular complexity index is 475. The molecule has 0 spiro atoms. The van der Waals surface area contributed by atoms with Crippen molar-refractivity contribution in [1.29, 1.82) is 0 Å². The van der Waals surface area contributed by atoms with Gasteiger partial charge < -0.3 is 5.11 Å². The van der Waals surface area contributed by atoms with Crippen LogP contribution in [-0.2, 0) is 13.0 Å². The monoisotopic (exact) mass is 312 g/mol. The van der Waals surface area contributed by atoms with Gasteiger partial charge in [-0.3, -0.25) is 4.68 Å². The molecular weight excluding hydrogens is 284 g/mol. The van der Waals surface area contributed by atoms with Crippen molar-refractivity contribution in [2.75, 3.05) is 0 Å². The molecule has 1 aliphatic carbocycles. The second-order valence-corrected chi connectivity index (χ2v) is 7.43. The van der Waals surface area contributed by atoms with Gasteiger partial charge in [0.1, 0.15) is 0 Å². The molecule has 1 unspecified atom stereocenters. The first-order valence-electron chi connectivity index (χ1n) is 8.29. The molecule has 3 nitrogen and oxygen atoms in total. The van der Waals surface area contributed by atoms with E-state index >= 15 is 0 Å². The summed E-state index contributed by atoms with van der Waals surface area (Å²) in [4.78, 5) is 0. The maximum Gasteiger partial charge on any atom is 0.0848 e. The molecule has 0 radical (unpaired) electrons. The van der Waals surface area contributed by atoms with E-state index in [2.05, 4.69) is 25.9 Å². The van der Waals surface area contributed by atoms with Crippen molar-refractivity contribution in [2.45, 2.75) is 78.9 Å². The molecule has 120 valence electrons. The summed E-state index contributed by atoms with van der Waals surface area (Å²) in [5.41, 5.74) is 1.94. The maximum absolute atomic E-state index is 11.0. The Morgan fingerprint density at radius 1 is 1.33 bits per heavy atom. The van der Waals surface area contributed by atoms with Gasteiger partial charge in [-0.1, -0.05) is 38.3 Å². The van der Waals surface area contributed by atoms with E-state index in [0.717, 1.165) is 42.2 Å². The van der Waals surface area contributed by atoms with Gasteiger partial charge in [0, 0.05) is 13.0 Å². The van der Waals surface area contributed by atoms with Gasteiger partial charge in [0.25, 0.3) is 0 Å². The van der Waals surface area contributed by atoms with Crippen LogP contribution in [0, 0.1) is 18.3 Å². The molecule has 1 heterocycles. The fourth-order valence-electron chi connectivity index (χ4n) is 4.03. The Kier molecular flexibility index (Phi) is 5.37. The topological polar surface area (TPSA) is 38.0 Å². The highest BCUT2D eigenvalue weighted by atomic mass is 35.5. The van der Waals surface area contributed by atoms with Crippen LogP contribution < -0.4 is 0 Å². The van der Waals surface area contributed by atoms with Crippen LogP contribution in [-0.4, -0.2) is 21.0 Å². The van der Waals surface area contributed by atoms with Crippen LogP contribution in [0.25, 0.3) is 0 Å². The molecule has 0 amide bonds. The zero-order valence-corrected chi connectivity index (χ0v) is 14.6. The quantitative estimate of drug-likeness (QED) is 0.846. The van der Waals surface area contributed by atoms with Gasteiger partial charge in [0.2, 0.25) is 0 Å². The number of rotatable bonds is 6. The SMILES string of the molecule is CCn1nc(C)c(Cl)c1CC(O)C1(CC(C)C)CCCC1. The minimum atomic E-state index is -0.318. The first-order chi connectivity index (χ1) is 9.89. The number of aliphatic hydroxyl groups excluding tert-OH is 1. The van der Waals surface area contributed by atoms with Gasteiger partial charge in [-0.05, 0) is 44.4 Å². The molecule has 1 N–H and O–H groups in total. The van der Waals surface area contributed by atoms with Crippen LogP contribution in [0.2, 0.25) is 5.02 Å². The average molecular weight is 313 g/mol. The van der Waals surface area contributed by atoms with Crippen molar-refractivity contribution in [3.05, 3.63) is 16.4 Å². The van der Waals surface area contributed by atoms with Crippen LogP contribution in [0.1, 0.15) is 64.3 Å². The normalized spacial score (nSPS) is 19.4. The van der Waals surface area contributed by atoms with E-state index in [0.29, 0.717) is 12.3 Å². The third kappa shape index (κ3) is 3.45. The van der Waals surface area contributed by atoms with Crippen LogP contribution in [0.4, 0.5) is 0 Å². The summed E-state index contributed by atoms with van der Waals surface area (Å²) < 4.78 is 1.94. The van der Waals surface area contributed by atoms with Crippen molar-refractivity contribution in [1.82, 2.24) is 9.78 Å². The van der Waals surface area contributed by atoms with Crippen LogP contribution in [0.15, 0.2) is 0 Å². The van der Waals surface area contributed by atoms with E-state index in [4.69, 9.17) is 11.6 Å². The van der Waals surface area contributed by atoms with E-state index in [1.165, 1.54) is 12.8 Å². The molecule has 1 aromatic rings. The lowest BCUT2D eigenvalue weighted by Crippen LogP contribution is -2.36. The predicted octanol–water partition coefficient (Wildman–Crippen LogP) is 4.37. The molecule has 1 saturated carbocycles. The van der Waals surface area contributed by atoms with Crippen LogP contribution in [0.5, 0.6) is 0 Å². The first kappa shape index (κ1) is 16.8. The zero-order valence-electron chi connectivity index (χ0n) is 13.8. The molecule has 1 atom stereocenters. The second kappa shape index (κ2) is 6.70. The number of hydrogen-bond acceptors (Lipinski definition) is 2. The predicted molar refractivity (Wildman–Crippen MR) is 87.7 cm³/mol. The Morgan fingerprint density at radius 2 is 1.95 bits per heavy atom. The first-order valence-corrected chi connectivity index (χ1v) is 8.67. The van der Waals surface area contributed by atoms with Gasteiger partial charge in [-0.15, -0.1) is 0 Å². The molecule has 1 aliphatic rings. The highest BCUT2D eigenvalue weighted by Gasteiger charge is 2.41. The maximum atomic E-state index is 11.0. The molecule has 2 rings (SSSR count). The Balaban J connectivity index is 2.21. The van der Waals surface area contributed by atoms with Gasteiger partial charge in [0.05, 0.1) is 22.5 Å². The number of aromatic nitrogens is 2. The van der Waals surface area contributed by atoms with Gasteiger partial charge in [-0.25, -0.2) is 0 Å². The summed E-state index contributed by atoms with van der Waals surface area (Å²) in [5, 5.41) is 16.2. The number of nitrogens with zero attached hydrogens (tertiary/aromatic N) is 2. The standard InChI is InChI=1S/C17H29ClN2O/c1-5-20-14(16(18)13(4)19-20)10-15(21)17(11-12(2)3)8-6-7-9-17/h12,15,21H,5-11H2,1-4H3. The van der Waals surface area contributed by atoms with E-state index in [9.17, 15) is 5.11 Å². The summed E-state index contributed by atoms with van der Waals surface area (Å²) in [6.45, 7) is 9.30. The van der Waals surface area contributed by atoms with E-state index in [1.807, 2.05) is 11.6 Å². The Morgan fingerprint density at radius 3 is 2.48 bits per heavy atom. The number of halogens is 1. The molecule has 21 heavy (non-hydrogen) atoms. The van der Waals surface area contributed by atoms with Crippen LogP contribution in [0.3, 0.4) is 0 Å². The lowest BCUT2D eigenvalue weighted by Gasteiger charge is -2.36. The van der Waals surface area contributed by atoms with Gasteiger partial charge >= 0.3 is 0 Å². The highest BCUT2D eigenvalue weighted by Crippen LogP contribution is 2.47. The van der Waals surface area contributed by atoms with Crippen LogP contribution >= 0.6 is 11.6 Å². The Labute approximate surface area is 133 Å². The highest BCUT2D eigenvalue weighted by molar-refractivity contribution is 6.31. The minimum Gasteiger partial charge on any atom is -0.392 e. The molecule has 0 aromatic carbocycles. The summed E-state index contributed by atoms with van der Waals surface area (Å²) in [6, 6.07) is 0. The average Bonchev–Trinajstić information content (AvgIpc) is 2.99. The van der Waals surface area contributed by atoms with Crippen molar-refractivity contribution in [3.63, 3.8) is 0 Å². The molecule has 1 aromatic heterocycles. The van der Waals surface area contributed by atoms with E-state index in [1.54, 1.807) is 0 Å². The lowest BCUT2D eigenvalue weighted by molar-refractivity contribution is 0.0121. The number of hydrogen-bond donors (Lipinski definition) is 1. The molecule has 1 fully saturated rings. The zero-order chi connectivity index (χ0) is 15.6. The van der Waals surface area contributed by atoms with Gasteiger partial charge in [0.15, 0.2) is 0 Å². The van der Waals surface area contributed by atoms with Crippen molar-refractivity contribution in [2.24, 2.45) is 11.3 Å². The van der Waals surface area contributed by atoms with E-state index in [-0.39, 0.29) is 11.5 Å². The fraction of sp³-hybridized carbons (Fsp3) is 0.824. The summed E-state index contributed by atoms with van der Waals surface area (Å²) in [5.74, 6) is 0.617. The minimum absolute atomic E-state index is 0.0776. The lowest BCUT2D eigenvalue weighted by atomic mass is 9.72. The molecule has 4 heteroatoms. The Hall–Kier alpha value is -0.540. The van der Waals surface area contributed by atoms with Crippen molar-refractivity contribution >= 4 is 11.6 Å². The summed E-state index contributed by atoms with van der Waals surface area (Å²) in [6.07, 6.45) is 6.17. The molecule has 0 aliphatic heterocycles. The fourth-order valence-corrected chi connectivity index (χ4v) is 4.24. The summed E-state index contributed by atoms with van der Waals surface area (Å²) >= 11 is 6.40. The van der Waals surface area contributed by atoms with Gasteiger partial charge in [-0.2, -0.15) is 5.10 Å². The third-order valence-electron chi connectivity index (χ3n) is 4.96. The second-order valence-electron chi connectivity index (χ2n) is 7.05. The number of aryl methyl sites for hydroxylation is 2. The number of aliphatic hydroxyl groups is 1. The van der Waals surface area contributed by atoms with Crippen molar-refractivity contribution in [3.8, 4) is 0 Å².